The number of carbonyl (C=O) groups is 2. The van der Waals surface area contributed by atoms with E-state index in [-0.39, 0.29) is 29.5 Å². The van der Waals surface area contributed by atoms with Crippen LogP contribution in [0.2, 0.25) is 0 Å². The van der Waals surface area contributed by atoms with Crippen LogP contribution >= 0.6 is 27.7 Å². The van der Waals surface area contributed by atoms with Crippen molar-refractivity contribution in [2.45, 2.75) is 23.3 Å². The number of hydrogen-bond acceptors (Lipinski definition) is 4. The van der Waals surface area contributed by atoms with Gasteiger partial charge in [0.25, 0.3) is 0 Å². The van der Waals surface area contributed by atoms with E-state index in [2.05, 4.69) is 21.2 Å². The van der Waals surface area contributed by atoms with Crippen molar-refractivity contribution in [3.05, 3.63) is 66.2 Å². The van der Waals surface area contributed by atoms with Gasteiger partial charge < -0.3 is 10.1 Å². The smallest absolute Gasteiger partial charge is 0.408 e. The van der Waals surface area contributed by atoms with Crippen molar-refractivity contribution in [1.29, 1.82) is 0 Å². The molecule has 0 unspecified atom stereocenters. The van der Waals surface area contributed by atoms with Crippen LogP contribution < -0.4 is 5.32 Å². The topological polar surface area (TPSA) is 55.4 Å². The molecule has 126 valence electrons. The van der Waals surface area contributed by atoms with Crippen molar-refractivity contribution in [2.75, 3.05) is 5.33 Å². The Labute approximate surface area is 154 Å². The number of ether oxygens (including phenoxy) is 1. The van der Waals surface area contributed by atoms with Crippen LogP contribution in [-0.2, 0) is 16.1 Å². The molecule has 1 amide bonds. The summed E-state index contributed by atoms with van der Waals surface area (Å²) in [6.45, 7) is 0.196. The monoisotopic (exact) mass is 407 g/mol. The third-order valence-corrected chi connectivity index (χ3v) is 4.81. The summed E-state index contributed by atoms with van der Waals surface area (Å²) in [6, 6.07) is 19.1. The first-order chi connectivity index (χ1) is 11.7. The van der Waals surface area contributed by atoms with Gasteiger partial charge in [0.2, 0.25) is 0 Å². The quantitative estimate of drug-likeness (QED) is 0.400. The van der Waals surface area contributed by atoms with E-state index >= 15 is 0 Å². The van der Waals surface area contributed by atoms with E-state index in [0.717, 1.165) is 10.5 Å². The van der Waals surface area contributed by atoms with Crippen LogP contribution in [0.15, 0.2) is 65.6 Å². The second kappa shape index (κ2) is 10.2. The van der Waals surface area contributed by atoms with Crippen LogP contribution in [0.5, 0.6) is 0 Å². The highest BCUT2D eigenvalue weighted by Gasteiger charge is 2.18. The molecule has 2 aromatic rings. The maximum atomic E-state index is 12.0. The summed E-state index contributed by atoms with van der Waals surface area (Å²) in [6.07, 6.45) is -0.305. The molecule has 0 saturated carbocycles. The molecular weight excluding hydrogens is 390 g/mol. The lowest BCUT2D eigenvalue weighted by Crippen LogP contribution is -2.34. The zero-order chi connectivity index (χ0) is 17.2. The van der Waals surface area contributed by atoms with Crippen LogP contribution in [0.3, 0.4) is 0 Å². The number of alkyl carbamates (subject to hydrolysis) is 1. The third kappa shape index (κ3) is 6.76. The minimum absolute atomic E-state index is 0.0202. The minimum Gasteiger partial charge on any atom is -0.445 e. The summed E-state index contributed by atoms with van der Waals surface area (Å²) in [5.74, 6) is 0.0202. The standard InChI is InChI=1S/C18H18BrNO3S/c19-12-15(21)11-17(24-16-9-5-2-6-10-16)20-18(22)23-13-14-7-3-1-4-8-14/h1-10,17H,11-13H2,(H,20,22)/t17-/m1/s1. The van der Waals surface area contributed by atoms with Gasteiger partial charge in [-0.25, -0.2) is 4.79 Å². The molecule has 2 aromatic carbocycles. The Morgan fingerprint density at radius 3 is 2.29 bits per heavy atom. The second-order valence-electron chi connectivity index (χ2n) is 5.00. The maximum Gasteiger partial charge on any atom is 0.408 e. The molecule has 1 atom stereocenters. The van der Waals surface area contributed by atoms with Gasteiger partial charge in [-0.1, -0.05) is 64.5 Å². The Kier molecular flexibility index (Phi) is 7.85. The number of nitrogens with one attached hydrogen (secondary N) is 1. The molecule has 0 aliphatic heterocycles. The van der Waals surface area contributed by atoms with Crippen LogP contribution in [0.25, 0.3) is 0 Å². The normalized spacial score (nSPS) is 11.5. The molecular formula is C18H18BrNO3S. The number of benzene rings is 2. The number of Topliss-reactive ketones (excluding diaryl/α,β-unsaturated/α-hetero) is 1. The van der Waals surface area contributed by atoms with Gasteiger partial charge in [0, 0.05) is 11.3 Å². The Hall–Kier alpha value is -1.79. The summed E-state index contributed by atoms with van der Waals surface area (Å²) < 4.78 is 5.23. The van der Waals surface area contributed by atoms with Gasteiger partial charge >= 0.3 is 6.09 Å². The predicted octanol–water partition coefficient (Wildman–Crippen LogP) is 4.39. The first-order valence-electron chi connectivity index (χ1n) is 7.44. The molecule has 0 spiro atoms. The molecule has 0 aromatic heterocycles. The first kappa shape index (κ1) is 18.5. The van der Waals surface area contributed by atoms with Crippen LogP contribution in [0.4, 0.5) is 4.79 Å². The Morgan fingerprint density at radius 1 is 1.04 bits per heavy atom. The van der Waals surface area contributed by atoms with Gasteiger partial charge in [-0.15, -0.1) is 11.8 Å². The number of amides is 1. The number of rotatable bonds is 8. The van der Waals surface area contributed by atoms with Crippen molar-refractivity contribution in [3.8, 4) is 0 Å². The maximum absolute atomic E-state index is 12.0. The highest BCUT2D eigenvalue weighted by molar-refractivity contribution is 9.09. The second-order valence-corrected chi connectivity index (χ2v) is 6.84. The summed E-state index contributed by atoms with van der Waals surface area (Å²) in [5, 5.41) is 2.65. The van der Waals surface area contributed by atoms with E-state index in [1.54, 1.807) is 0 Å². The fourth-order valence-corrected chi connectivity index (χ4v) is 3.24. The number of hydrogen-bond donors (Lipinski definition) is 1. The highest BCUT2D eigenvalue weighted by atomic mass is 79.9. The van der Waals surface area contributed by atoms with Crippen molar-refractivity contribution >= 4 is 39.6 Å². The average Bonchev–Trinajstić information content (AvgIpc) is 2.61. The molecule has 0 aliphatic rings. The molecule has 0 fully saturated rings. The lowest BCUT2D eigenvalue weighted by atomic mass is 10.2. The van der Waals surface area contributed by atoms with Gasteiger partial charge in [-0.3, -0.25) is 4.79 Å². The zero-order valence-electron chi connectivity index (χ0n) is 13.0. The van der Waals surface area contributed by atoms with Crippen molar-refractivity contribution < 1.29 is 14.3 Å². The minimum atomic E-state index is -0.533. The van der Waals surface area contributed by atoms with Crippen LogP contribution in [-0.4, -0.2) is 22.6 Å². The van der Waals surface area contributed by atoms with Gasteiger partial charge in [0.1, 0.15) is 12.4 Å². The average molecular weight is 408 g/mol. The summed E-state index contributed by atoms with van der Waals surface area (Å²) in [4.78, 5) is 24.7. The van der Waals surface area contributed by atoms with Gasteiger partial charge in [0.15, 0.2) is 0 Å². The van der Waals surface area contributed by atoms with E-state index < -0.39 is 6.09 Å². The molecule has 0 radical (unpaired) electrons. The molecule has 2 rings (SSSR count). The number of ketones is 1. The number of thioether (sulfide) groups is 1. The summed E-state index contributed by atoms with van der Waals surface area (Å²) >= 11 is 4.58. The van der Waals surface area contributed by atoms with Crippen molar-refractivity contribution in [3.63, 3.8) is 0 Å². The number of halogens is 1. The Balaban J connectivity index is 1.91. The van der Waals surface area contributed by atoms with Gasteiger partial charge in [-0.2, -0.15) is 0 Å². The molecule has 1 N–H and O–H groups in total. The van der Waals surface area contributed by atoms with E-state index in [4.69, 9.17) is 4.74 Å². The first-order valence-corrected chi connectivity index (χ1v) is 9.44. The Bertz CT molecular complexity index is 652. The molecule has 24 heavy (non-hydrogen) atoms. The van der Waals surface area contributed by atoms with E-state index in [1.807, 2.05) is 60.7 Å². The van der Waals surface area contributed by atoms with Gasteiger partial charge in [-0.05, 0) is 17.7 Å². The molecule has 6 heteroatoms. The Morgan fingerprint density at radius 2 is 1.67 bits per heavy atom. The van der Waals surface area contributed by atoms with E-state index in [0.29, 0.717) is 0 Å². The summed E-state index contributed by atoms with van der Waals surface area (Å²) in [5.41, 5.74) is 0.913. The summed E-state index contributed by atoms with van der Waals surface area (Å²) in [7, 11) is 0. The highest BCUT2D eigenvalue weighted by Crippen LogP contribution is 2.24. The molecule has 0 bridgehead atoms. The SMILES string of the molecule is O=C(CBr)C[C@H](NC(=O)OCc1ccccc1)Sc1ccccc1. The largest absolute Gasteiger partial charge is 0.445 e. The van der Waals surface area contributed by atoms with Crippen LogP contribution in [0, 0.1) is 0 Å². The third-order valence-electron chi connectivity index (χ3n) is 3.08. The van der Waals surface area contributed by atoms with E-state index in [9.17, 15) is 9.59 Å². The zero-order valence-corrected chi connectivity index (χ0v) is 15.4. The van der Waals surface area contributed by atoms with Crippen LogP contribution in [0.1, 0.15) is 12.0 Å². The van der Waals surface area contributed by atoms with Crippen molar-refractivity contribution in [2.24, 2.45) is 0 Å². The predicted molar refractivity (Wildman–Crippen MR) is 99.3 cm³/mol. The molecule has 0 aliphatic carbocycles. The van der Waals surface area contributed by atoms with Crippen molar-refractivity contribution in [1.82, 2.24) is 5.32 Å². The number of alkyl halides is 1. The molecule has 0 saturated heterocycles. The lowest BCUT2D eigenvalue weighted by molar-refractivity contribution is -0.116. The fourth-order valence-electron chi connectivity index (χ4n) is 1.94. The molecule has 0 heterocycles. The fraction of sp³-hybridized carbons (Fsp3) is 0.222. The lowest BCUT2D eigenvalue weighted by Gasteiger charge is -2.17. The van der Waals surface area contributed by atoms with E-state index in [1.165, 1.54) is 11.8 Å². The number of carbonyl (C=O) groups excluding carboxylic acids is 2. The van der Waals surface area contributed by atoms with Gasteiger partial charge in [0.05, 0.1) is 10.7 Å². The molecule has 4 nitrogen and oxygen atoms in total.